The van der Waals surface area contributed by atoms with Crippen molar-refractivity contribution in [3.8, 4) is 5.75 Å². The van der Waals surface area contributed by atoms with Gasteiger partial charge in [0.25, 0.3) is 5.56 Å². The minimum absolute atomic E-state index is 0.0714. The van der Waals surface area contributed by atoms with Crippen molar-refractivity contribution in [2.75, 3.05) is 0 Å². The Morgan fingerprint density at radius 1 is 0.880 bits per heavy atom. The monoisotopic (exact) mass is 333 g/mol. The fourth-order valence-electron chi connectivity index (χ4n) is 3.95. The fraction of sp³-hybridized carbons (Fsp3) is 0.318. The van der Waals surface area contributed by atoms with Crippen LogP contribution in [0.1, 0.15) is 44.6 Å². The second-order valence-corrected chi connectivity index (χ2v) is 6.85. The van der Waals surface area contributed by atoms with Gasteiger partial charge < -0.3 is 5.11 Å². The molecule has 0 amide bonds. The highest BCUT2D eigenvalue weighted by Crippen LogP contribution is 2.35. The van der Waals surface area contributed by atoms with Gasteiger partial charge in [0.1, 0.15) is 5.75 Å². The molecule has 0 atom stereocenters. The maximum atomic E-state index is 13.2. The van der Waals surface area contributed by atoms with Crippen LogP contribution < -0.4 is 5.56 Å². The molecule has 4 aromatic rings. The summed E-state index contributed by atoms with van der Waals surface area (Å²) in [5, 5.41) is 13.6. The minimum atomic E-state index is -0.0714. The molecule has 0 fully saturated rings. The first-order valence-corrected chi connectivity index (χ1v) is 9.23. The number of benzene rings is 2. The Morgan fingerprint density at radius 2 is 1.60 bits per heavy atom. The number of hydrogen-bond donors (Lipinski definition) is 1. The Labute approximate surface area is 146 Å². The van der Waals surface area contributed by atoms with Crippen LogP contribution in [0.4, 0.5) is 0 Å². The summed E-state index contributed by atoms with van der Waals surface area (Å²) in [7, 11) is 0. The Morgan fingerprint density at radius 3 is 2.44 bits per heavy atom. The van der Waals surface area contributed by atoms with Crippen LogP contribution in [0, 0.1) is 0 Å². The third kappa shape index (κ3) is 2.46. The second-order valence-electron chi connectivity index (χ2n) is 6.85. The zero-order chi connectivity index (χ0) is 17.4. The third-order valence-corrected chi connectivity index (χ3v) is 5.23. The van der Waals surface area contributed by atoms with Gasteiger partial charge in [-0.1, -0.05) is 62.9 Å². The number of rotatable bonds is 6. The number of fused-ring (bicyclic) bond motifs is 3. The molecule has 0 aliphatic rings. The lowest BCUT2D eigenvalue weighted by atomic mass is 10.0. The van der Waals surface area contributed by atoms with E-state index in [9.17, 15) is 9.90 Å². The van der Waals surface area contributed by atoms with Crippen LogP contribution in [0.15, 0.2) is 47.3 Å². The molecule has 2 aromatic heterocycles. The van der Waals surface area contributed by atoms with Gasteiger partial charge in [0.15, 0.2) is 0 Å². The van der Waals surface area contributed by atoms with Crippen LogP contribution in [-0.4, -0.2) is 9.51 Å². The predicted molar refractivity (Wildman–Crippen MR) is 104 cm³/mol. The molecule has 0 aliphatic carbocycles. The molecule has 0 spiro atoms. The molecule has 3 heteroatoms. The average Bonchev–Trinajstić information content (AvgIpc) is 2.98. The summed E-state index contributed by atoms with van der Waals surface area (Å²) in [4.78, 5) is 13.2. The van der Waals surface area contributed by atoms with Crippen LogP contribution >= 0.6 is 0 Å². The molecule has 2 aromatic carbocycles. The largest absolute Gasteiger partial charge is 0.507 e. The summed E-state index contributed by atoms with van der Waals surface area (Å²) in [6.45, 7) is 2.19. The van der Waals surface area contributed by atoms with Crippen molar-refractivity contribution in [2.24, 2.45) is 0 Å². The number of unbranched alkanes of at least 4 members (excludes halogenated alkanes) is 4. The number of nitrogens with zero attached hydrogens (tertiary/aromatic N) is 1. The molecule has 4 rings (SSSR count). The van der Waals surface area contributed by atoms with Gasteiger partial charge in [0, 0.05) is 16.2 Å². The molecule has 0 unspecified atom stereocenters. The first kappa shape index (κ1) is 15.9. The van der Waals surface area contributed by atoms with Crippen molar-refractivity contribution < 1.29 is 5.11 Å². The zero-order valence-corrected chi connectivity index (χ0v) is 14.6. The lowest BCUT2D eigenvalue weighted by Gasteiger charge is -2.09. The summed E-state index contributed by atoms with van der Waals surface area (Å²) < 4.78 is 1.79. The molecule has 0 aliphatic heterocycles. The van der Waals surface area contributed by atoms with E-state index >= 15 is 0 Å². The van der Waals surface area contributed by atoms with Gasteiger partial charge in [0.05, 0.1) is 16.6 Å². The molecule has 128 valence electrons. The van der Waals surface area contributed by atoms with Crippen molar-refractivity contribution in [1.82, 2.24) is 4.40 Å². The van der Waals surface area contributed by atoms with E-state index in [1.165, 1.54) is 19.3 Å². The van der Waals surface area contributed by atoms with E-state index in [0.717, 1.165) is 40.0 Å². The lowest BCUT2D eigenvalue weighted by Crippen LogP contribution is -2.18. The number of pyridine rings is 1. The van der Waals surface area contributed by atoms with Crippen molar-refractivity contribution in [2.45, 2.75) is 45.4 Å². The summed E-state index contributed by atoms with van der Waals surface area (Å²) >= 11 is 0. The van der Waals surface area contributed by atoms with Crippen molar-refractivity contribution >= 4 is 27.2 Å². The Balaban J connectivity index is 1.91. The Bertz CT molecular complexity index is 1090. The van der Waals surface area contributed by atoms with Crippen LogP contribution in [0.5, 0.6) is 5.75 Å². The van der Waals surface area contributed by atoms with Crippen molar-refractivity contribution in [3.05, 3.63) is 58.4 Å². The van der Waals surface area contributed by atoms with Crippen molar-refractivity contribution in [1.29, 1.82) is 0 Å². The highest BCUT2D eigenvalue weighted by atomic mass is 16.3. The smallest absolute Gasteiger partial charge is 0.262 e. The van der Waals surface area contributed by atoms with Gasteiger partial charge >= 0.3 is 0 Å². The van der Waals surface area contributed by atoms with Crippen LogP contribution in [0.2, 0.25) is 0 Å². The summed E-state index contributed by atoms with van der Waals surface area (Å²) in [5.74, 6) is 0.168. The standard InChI is InChI=1S/C22H23NO2/c1-2-3-4-5-6-11-18-21(24)17-13-9-12-16-15-10-7-8-14-19(15)23(20(16)17)22(18)25/h7-10,12-14,24H,2-6,11H2,1H3. The number of hydrogen-bond acceptors (Lipinski definition) is 2. The van der Waals surface area contributed by atoms with Gasteiger partial charge in [-0.15, -0.1) is 0 Å². The fourth-order valence-corrected chi connectivity index (χ4v) is 3.95. The van der Waals surface area contributed by atoms with Gasteiger partial charge in [-0.3, -0.25) is 9.20 Å². The Hall–Kier alpha value is -2.55. The molecule has 0 saturated heterocycles. The molecule has 1 N–H and O–H groups in total. The highest BCUT2D eigenvalue weighted by molar-refractivity contribution is 6.15. The second kappa shape index (κ2) is 6.40. The molecule has 0 bridgehead atoms. The lowest BCUT2D eigenvalue weighted by molar-refractivity contribution is 0.470. The quantitative estimate of drug-likeness (QED) is 0.489. The molecule has 0 radical (unpaired) electrons. The molecular weight excluding hydrogens is 310 g/mol. The SMILES string of the molecule is CCCCCCCc1c(O)c2cccc3c4ccccc4n(c1=O)c23. The normalized spacial score (nSPS) is 11.9. The highest BCUT2D eigenvalue weighted by Gasteiger charge is 2.19. The molecule has 25 heavy (non-hydrogen) atoms. The predicted octanol–water partition coefficient (Wildman–Crippen LogP) is 5.26. The Kier molecular flexibility index (Phi) is 4.08. The molecule has 2 heterocycles. The van der Waals surface area contributed by atoms with Crippen LogP contribution in [0.3, 0.4) is 0 Å². The summed E-state index contributed by atoms with van der Waals surface area (Å²) in [6, 6.07) is 13.9. The first-order chi connectivity index (χ1) is 12.2. The summed E-state index contributed by atoms with van der Waals surface area (Å²) in [6.07, 6.45) is 6.29. The maximum Gasteiger partial charge on any atom is 0.262 e. The van der Waals surface area contributed by atoms with E-state index in [1.807, 2.05) is 42.5 Å². The summed E-state index contributed by atoms with van der Waals surface area (Å²) in [5.41, 5.74) is 2.24. The topological polar surface area (TPSA) is 41.7 Å². The number of aromatic hydroxyl groups is 1. The average molecular weight is 333 g/mol. The number of para-hydroxylation sites is 2. The van der Waals surface area contributed by atoms with E-state index in [1.54, 1.807) is 4.40 Å². The van der Waals surface area contributed by atoms with Gasteiger partial charge in [-0.05, 0) is 25.0 Å². The van der Waals surface area contributed by atoms with Gasteiger partial charge in [-0.25, -0.2) is 0 Å². The van der Waals surface area contributed by atoms with E-state index in [-0.39, 0.29) is 11.3 Å². The first-order valence-electron chi connectivity index (χ1n) is 9.23. The molecular formula is C22H23NO2. The van der Waals surface area contributed by atoms with E-state index < -0.39 is 0 Å². The zero-order valence-electron chi connectivity index (χ0n) is 14.6. The van der Waals surface area contributed by atoms with Crippen LogP contribution in [0.25, 0.3) is 27.2 Å². The third-order valence-electron chi connectivity index (χ3n) is 5.23. The van der Waals surface area contributed by atoms with E-state index in [2.05, 4.69) is 6.92 Å². The van der Waals surface area contributed by atoms with Gasteiger partial charge in [0.2, 0.25) is 0 Å². The maximum absolute atomic E-state index is 13.2. The molecule has 3 nitrogen and oxygen atoms in total. The molecule has 0 saturated carbocycles. The van der Waals surface area contributed by atoms with Crippen molar-refractivity contribution in [3.63, 3.8) is 0 Å². The number of aromatic nitrogens is 1. The minimum Gasteiger partial charge on any atom is -0.507 e. The van der Waals surface area contributed by atoms with Crippen LogP contribution in [-0.2, 0) is 6.42 Å². The van der Waals surface area contributed by atoms with Gasteiger partial charge in [-0.2, -0.15) is 0 Å². The van der Waals surface area contributed by atoms with E-state index in [0.29, 0.717) is 12.0 Å². The van der Waals surface area contributed by atoms with E-state index in [4.69, 9.17) is 0 Å².